The lowest BCUT2D eigenvalue weighted by atomic mass is 9.64. The third-order valence-electron chi connectivity index (χ3n) is 3.32. The monoisotopic (exact) mass is 140 g/mol. The summed E-state index contributed by atoms with van der Waals surface area (Å²) in [5.74, 6) is 0. The molecular formula is C8H16N2. The Hall–Kier alpha value is -0.0800. The summed E-state index contributed by atoms with van der Waals surface area (Å²) in [5.41, 5.74) is 6.50. The lowest BCUT2D eigenvalue weighted by Gasteiger charge is -2.44. The summed E-state index contributed by atoms with van der Waals surface area (Å²) in [4.78, 5) is 2.40. The van der Waals surface area contributed by atoms with E-state index in [9.17, 15) is 0 Å². The van der Waals surface area contributed by atoms with Crippen molar-refractivity contribution in [3.05, 3.63) is 0 Å². The third-order valence-corrected chi connectivity index (χ3v) is 3.32. The van der Waals surface area contributed by atoms with Gasteiger partial charge in [-0.15, -0.1) is 0 Å². The predicted molar refractivity (Wildman–Crippen MR) is 41.8 cm³/mol. The van der Waals surface area contributed by atoms with E-state index >= 15 is 0 Å². The average Bonchev–Trinajstić information content (AvgIpc) is 2.31. The fraction of sp³-hybridized carbons (Fsp3) is 1.00. The van der Waals surface area contributed by atoms with E-state index in [4.69, 9.17) is 5.73 Å². The number of nitrogens with two attached hydrogens (primary N) is 1. The molecule has 1 saturated heterocycles. The Kier molecular flexibility index (Phi) is 1.29. The van der Waals surface area contributed by atoms with Crippen LogP contribution in [0.15, 0.2) is 0 Å². The van der Waals surface area contributed by atoms with Gasteiger partial charge in [0.1, 0.15) is 0 Å². The number of nitrogens with zero attached hydrogens (tertiary/aromatic N) is 1. The molecule has 0 unspecified atom stereocenters. The van der Waals surface area contributed by atoms with E-state index in [1.54, 1.807) is 0 Å². The summed E-state index contributed by atoms with van der Waals surface area (Å²) in [6, 6.07) is 0.512. The first kappa shape index (κ1) is 6.62. The normalized spacial score (nSPS) is 48.0. The van der Waals surface area contributed by atoms with Crippen LogP contribution in [0.3, 0.4) is 0 Å². The number of rotatable bonds is 0. The first-order valence-corrected chi connectivity index (χ1v) is 4.17. The summed E-state index contributed by atoms with van der Waals surface area (Å²) in [6.45, 7) is 2.50. The third kappa shape index (κ3) is 0.722. The van der Waals surface area contributed by atoms with E-state index in [0.717, 1.165) is 0 Å². The zero-order valence-corrected chi connectivity index (χ0v) is 6.64. The minimum absolute atomic E-state index is 0.512. The maximum Gasteiger partial charge on any atom is 0.0108 e. The predicted octanol–water partition coefficient (Wildman–Crippen LogP) is 0.429. The van der Waals surface area contributed by atoms with Gasteiger partial charge in [0.25, 0.3) is 0 Å². The van der Waals surface area contributed by atoms with Crippen LogP contribution in [0.5, 0.6) is 0 Å². The minimum atomic E-state index is 0.512. The number of hydrogen-bond donors (Lipinski definition) is 1. The van der Waals surface area contributed by atoms with Gasteiger partial charge in [0, 0.05) is 12.6 Å². The average molecular weight is 140 g/mol. The highest BCUT2D eigenvalue weighted by atomic mass is 15.1. The fourth-order valence-electron chi connectivity index (χ4n) is 2.34. The second-order valence-corrected chi connectivity index (χ2v) is 4.00. The maximum atomic E-state index is 5.95. The Balaban J connectivity index is 2.04. The molecule has 2 atom stereocenters. The largest absolute Gasteiger partial charge is 0.327 e. The standard InChI is InChI=1S/C8H16N2/c1-10-5-4-8(6-10)3-2-7(8)9/h7H,2-6,9H2,1H3/t7-,8+/m0/s1. The molecule has 2 rings (SSSR count). The van der Waals surface area contributed by atoms with Crippen molar-refractivity contribution in [3.63, 3.8) is 0 Å². The highest BCUT2D eigenvalue weighted by Gasteiger charge is 2.47. The Labute approximate surface area is 62.4 Å². The highest BCUT2D eigenvalue weighted by Crippen LogP contribution is 2.46. The molecule has 1 saturated carbocycles. The van der Waals surface area contributed by atoms with Crippen LogP contribution in [-0.2, 0) is 0 Å². The van der Waals surface area contributed by atoms with Crippen molar-refractivity contribution in [1.82, 2.24) is 4.90 Å². The molecule has 2 N–H and O–H groups in total. The van der Waals surface area contributed by atoms with Crippen LogP contribution in [0.1, 0.15) is 19.3 Å². The van der Waals surface area contributed by atoms with E-state index < -0.39 is 0 Å². The van der Waals surface area contributed by atoms with Gasteiger partial charge in [-0.3, -0.25) is 0 Å². The fourth-order valence-corrected chi connectivity index (χ4v) is 2.34. The van der Waals surface area contributed by atoms with Crippen molar-refractivity contribution in [3.8, 4) is 0 Å². The van der Waals surface area contributed by atoms with Crippen molar-refractivity contribution < 1.29 is 0 Å². The van der Waals surface area contributed by atoms with Crippen molar-refractivity contribution in [1.29, 1.82) is 0 Å². The highest BCUT2D eigenvalue weighted by molar-refractivity contribution is 5.03. The molecule has 10 heavy (non-hydrogen) atoms. The van der Waals surface area contributed by atoms with Gasteiger partial charge >= 0.3 is 0 Å². The van der Waals surface area contributed by atoms with Crippen LogP contribution in [0.4, 0.5) is 0 Å². The Morgan fingerprint density at radius 3 is 2.50 bits per heavy atom. The van der Waals surface area contributed by atoms with Crippen molar-refractivity contribution >= 4 is 0 Å². The van der Waals surface area contributed by atoms with Crippen LogP contribution >= 0.6 is 0 Å². The molecule has 1 aliphatic heterocycles. The van der Waals surface area contributed by atoms with Gasteiger partial charge < -0.3 is 10.6 Å². The van der Waals surface area contributed by atoms with Gasteiger partial charge in [-0.2, -0.15) is 0 Å². The molecule has 1 aliphatic carbocycles. The Morgan fingerprint density at radius 1 is 1.50 bits per heavy atom. The van der Waals surface area contributed by atoms with Crippen molar-refractivity contribution in [2.24, 2.45) is 11.1 Å². The summed E-state index contributed by atoms with van der Waals surface area (Å²) < 4.78 is 0. The molecule has 2 fully saturated rings. The first-order chi connectivity index (χ1) is 4.73. The number of hydrogen-bond acceptors (Lipinski definition) is 2. The molecule has 2 aliphatic rings. The smallest absolute Gasteiger partial charge is 0.0108 e. The van der Waals surface area contributed by atoms with Crippen LogP contribution < -0.4 is 5.73 Å². The Morgan fingerprint density at radius 2 is 2.30 bits per heavy atom. The van der Waals surface area contributed by atoms with Gasteiger partial charge in [0.15, 0.2) is 0 Å². The van der Waals surface area contributed by atoms with E-state index in [-0.39, 0.29) is 0 Å². The van der Waals surface area contributed by atoms with Gasteiger partial charge in [-0.05, 0) is 38.3 Å². The lowest BCUT2D eigenvalue weighted by Crippen LogP contribution is -2.51. The first-order valence-electron chi connectivity index (χ1n) is 4.17. The molecule has 0 bridgehead atoms. The summed E-state index contributed by atoms with van der Waals surface area (Å²) in [5, 5.41) is 0. The number of likely N-dealkylation sites (tertiary alicyclic amines) is 1. The second-order valence-electron chi connectivity index (χ2n) is 4.00. The van der Waals surface area contributed by atoms with Crippen LogP contribution in [0, 0.1) is 5.41 Å². The molecule has 1 heterocycles. The van der Waals surface area contributed by atoms with E-state index in [1.165, 1.54) is 32.4 Å². The van der Waals surface area contributed by atoms with Gasteiger partial charge in [-0.1, -0.05) is 0 Å². The van der Waals surface area contributed by atoms with Gasteiger partial charge in [0.05, 0.1) is 0 Å². The van der Waals surface area contributed by atoms with Gasteiger partial charge in [0.2, 0.25) is 0 Å². The minimum Gasteiger partial charge on any atom is -0.327 e. The molecule has 0 amide bonds. The van der Waals surface area contributed by atoms with Gasteiger partial charge in [-0.25, -0.2) is 0 Å². The van der Waals surface area contributed by atoms with Crippen molar-refractivity contribution in [2.75, 3.05) is 20.1 Å². The SMILES string of the molecule is CN1CC[C@]2(CC[C@@H]2N)C1. The van der Waals surface area contributed by atoms with E-state index in [0.29, 0.717) is 11.5 Å². The van der Waals surface area contributed by atoms with Crippen LogP contribution in [0.2, 0.25) is 0 Å². The molecule has 0 aromatic carbocycles. The summed E-state index contributed by atoms with van der Waals surface area (Å²) in [7, 11) is 2.19. The quantitative estimate of drug-likeness (QED) is 0.528. The van der Waals surface area contributed by atoms with Crippen molar-refractivity contribution in [2.45, 2.75) is 25.3 Å². The van der Waals surface area contributed by atoms with Crippen LogP contribution in [-0.4, -0.2) is 31.1 Å². The van der Waals surface area contributed by atoms with Crippen LogP contribution in [0.25, 0.3) is 0 Å². The zero-order chi connectivity index (χ0) is 7.19. The van der Waals surface area contributed by atoms with E-state index in [1.807, 2.05) is 0 Å². The molecular weight excluding hydrogens is 124 g/mol. The molecule has 2 heteroatoms. The molecule has 0 aromatic rings. The van der Waals surface area contributed by atoms with E-state index in [2.05, 4.69) is 11.9 Å². The second kappa shape index (κ2) is 1.95. The lowest BCUT2D eigenvalue weighted by molar-refractivity contribution is 0.106. The maximum absolute atomic E-state index is 5.95. The molecule has 0 aromatic heterocycles. The zero-order valence-electron chi connectivity index (χ0n) is 6.64. The Bertz CT molecular complexity index is 146. The molecule has 58 valence electrons. The molecule has 2 nitrogen and oxygen atoms in total. The molecule has 0 radical (unpaired) electrons. The molecule has 1 spiro atoms. The topological polar surface area (TPSA) is 29.3 Å². The summed E-state index contributed by atoms with van der Waals surface area (Å²) >= 11 is 0. The summed E-state index contributed by atoms with van der Waals surface area (Å²) in [6.07, 6.45) is 3.97.